The molecule has 5 heteroatoms. The van der Waals surface area contributed by atoms with Gasteiger partial charge in [0.2, 0.25) is 0 Å². The first-order valence-corrected chi connectivity index (χ1v) is 19.6. The van der Waals surface area contributed by atoms with Crippen LogP contribution in [0.1, 0.15) is 0 Å². The maximum absolute atomic E-state index is 5.22. The van der Waals surface area contributed by atoms with Crippen molar-refractivity contribution < 1.29 is 0 Å². The van der Waals surface area contributed by atoms with Gasteiger partial charge in [0.25, 0.3) is 0 Å². The summed E-state index contributed by atoms with van der Waals surface area (Å²) in [4.78, 5) is 15.5. The van der Waals surface area contributed by atoms with Crippen LogP contribution in [0.15, 0.2) is 194 Å². The van der Waals surface area contributed by atoms with E-state index in [1.165, 1.54) is 42.0 Å². The molecule has 262 valence electrons. The van der Waals surface area contributed by atoms with Crippen LogP contribution in [0.4, 0.5) is 0 Å². The molecule has 0 atom stereocenters. The Morgan fingerprint density at radius 3 is 1.62 bits per heavy atom. The third kappa shape index (κ3) is 5.32. The van der Waals surface area contributed by atoms with E-state index in [4.69, 9.17) is 15.0 Å². The Kier molecular flexibility index (Phi) is 7.64. The molecule has 11 aromatic rings. The highest BCUT2D eigenvalue weighted by Crippen LogP contribution is 2.45. The summed E-state index contributed by atoms with van der Waals surface area (Å²) in [5, 5.41) is 5.04. The summed E-state index contributed by atoms with van der Waals surface area (Å²) in [6.45, 7) is 0. The molecule has 11 rings (SSSR count). The molecule has 0 amide bonds. The van der Waals surface area contributed by atoms with Crippen LogP contribution in [0.5, 0.6) is 0 Å². The lowest BCUT2D eigenvalue weighted by Crippen LogP contribution is -2.02. The molecule has 0 saturated heterocycles. The fourth-order valence-corrected chi connectivity index (χ4v) is 9.34. The van der Waals surface area contributed by atoms with Crippen molar-refractivity contribution in [2.75, 3.05) is 0 Å². The summed E-state index contributed by atoms with van der Waals surface area (Å²) < 4.78 is 5.03. The molecule has 3 heterocycles. The van der Waals surface area contributed by atoms with Crippen LogP contribution < -0.4 is 0 Å². The van der Waals surface area contributed by atoms with Crippen LogP contribution in [-0.2, 0) is 0 Å². The van der Waals surface area contributed by atoms with E-state index in [0.29, 0.717) is 17.5 Å². The number of thiophene rings is 1. The van der Waals surface area contributed by atoms with Crippen LogP contribution in [0.25, 0.3) is 104 Å². The van der Waals surface area contributed by atoms with E-state index in [1.807, 2.05) is 47.7 Å². The zero-order chi connectivity index (χ0) is 37.0. The highest BCUT2D eigenvalue weighted by molar-refractivity contribution is 7.26. The molecule has 0 unspecified atom stereocenters. The van der Waals surface area contributed by atoms with Gasteiger partial charge in [-0.15, -0.1) is 11.3 Å². The summed E-state index contributed by atoms with van der Waals surface area (Å²) in [6.07, 6.45) is 0. The van der Waals surface area contributed by atoms with Crippen molar-refractivity contribution in [2.45, 2.75) is 0 Å². The molecule has 0 radical (unpaired) electrons. The van der Waals surface area contributed by atoms with E-state index in [0.717, 1.165) is 44.6 Å². The lowest BCUT2D eigenvalue weighted by Gasteiger charge is -2.18. The molecule has 0 bridgehead atoms. The van der Waals surface area contributed by atoms with Gasteiger partial charge >= 0.3 is 0 Å². The summed E-state index contributed by atoms with van der Waals surface area (Å²) in [6, 6.07) is 68.5. The van der Waals surface area contributed by atoms with Crippen LogP contribution in [-0.4, -0.2) is 19.5 Å². The molecule has 8 aromatic carbocycles. The minimum atomic E-state index is 0.622. The number of nitrogens with zero attached hydrogens (tertiary/aromatic N) is 4. The number of para-hydroxylation sites is 1. The molecule has 0 fully saturated rings. The second kappa shape index (κ2) is 13.3. The Morgan fingerprint density at radius 1 is 0.357 bits per heavy atom. The zero-order valence-corrected chi connectivity index (χ0v) is 31.0. The minimum absolute atomic E-state index is 0.622. The van der Waals surface area contributed by atoms with Crippen molar-refractivity contribution >= 4 is 53.3 Å². The van der Waals surface area contributed by atoms with E-state index in [1.54, 1.807) is 0 Å². The number of aromatic nitrogens is 4. The quantitative estimate of drug-likeness (QED) is 0.171. The second-order valence-electron chi connectivity index (χ2n) is 14.0. The van der Waals surface area contributed by atoms with Gasteiger partial charge < -0.3 is 4.57 Å². The average Bonchev–Trinajstić information content (AvgIpc) is 3.83. The smallest absolute Gasteiger partial charge is 0.164 e. The van der Waals surface area contributed by atoms with Gasteiger partial charge in [-0.3, -0.25) is 0 Å². The zero-order valence-electron chi connectivity index (χ0n) is 30.2. The number of rotatable bonds is 6. The number of hydrogen-bond donors (Lipinski definition) is 0. The van der Waals surface area contributed by atoms with E-state index in [9.17, 15) is 0 Å². The van der Waals surface area contributed by atoms with E-state index in [2.05, 4.69) is 162 Å². The second-order valence-corrected chi connectivity index (χ2v) is 15.0. The molecular weight excluding hydrogens is 701 g/mol. The lowest BCUT2D eigenvalue weighted by atomic mass is 9.91. The SMILES string of the molecule is c1ccc(-c2nc(-c3ccccc3)nc(-c3ccc(-n4c5ccccc5c5ccc6c7ccccc7sc6c54)cc3-c3ccccc3-c3ccccc3)n2)cc1. The van der Waals surface area contributed by atoms with Gasteiger partial charge in [-0.2, -0.15) is 0 Å². The van der Waals surface area contributed by atoms with Crippen molar-refractivity contribution in [2.24, 2.45) is 0 Å². The molecule has 0 saturated carbocycles. The Balaban J connectivity index is 1.23. The van der Waals surface area contributed by atoms with Gasteiger partial charge in [-0.1, -0.05) is 164 Å². The first-order chi connectivity index (χ1) is 27.8. The maximum atomic E-state index is 5.22. The van der Waals surface area contributed by atoms with Crippen LogP contribution in [0, 0.1) is 0 Å². The summed E-state index contributed by atoms with van der Waals surface area (Å²) >= 11 is 1.87. The summed E-state index contributed by atoms with van der Waals surface area (Å²) in [5.41, 5.74) is 10.7. The number of fused-ring (bicyclic) bond motifs is 7. The summed E-state index contributed by atoms with van der Waals surface area (Å²) in [5.74, 6) is 1.89. The third-order valence-corrected chi connectivity index (χ3v) is 11.9. The van der Waals surface area contributed by atoms with Crippen LogP contribution in [0.2, 0.25) is 0 Å². The van der Waals surface area contributed by atoms with Crippen LogP contribution >= 0.6 is 11.3 Å². The topological polar surface area (TPSA) is 43.6 Å². The van der Waals surface area contributed by atoms with Gasteiger partial charge in [0.1, 0.15) is 0 Å². The molecule has 0 N–H and O–H groups in total. The van der Waals surface area contributed by atoms with Crippen molar-refractivity contribution in [3.8, 4) is 62.1 Å². The molecule has 0 aliphatic rings. The molecule has 4 nitrogen and oxygen atoms in total. The van der Waals surface area contributed by atoms with Gasteiger partial charge in [0.05, 0.1) is 15.7 Å². The Morgan fingerprint density at radius 2 is 0.911 bits per heavy atom. The summed E-state index contributed by atoms with van der Waals surface area (Å²) in [7, 11) is 0. The lowest BCUT2D eigenvalue weighted by molar-refractivity contribution is 1.07. The van der Waals surface area contributed by atoms with Gasteiger partial charge in [0.15, 0.2) is 17.5 Å². The van der Waals surface area contributed by atoms with Gasteiger partial charge in [0, 0.05) is 48.6 Å². The minimum Gasteiger partial charge on any atom is -0.308 e. The fourth-order valence-electron chi connectivity index (χ4n) is 8.10. The van der Waals surface area contributed by atoms with Crippen molar-refractivity contribution in [1.82, 2.24) is 19.5 Å². The first-order valence-electron chi connectivity index (χ1n) is 18.8. The standard InChI is InChI=1S/C51H32N4S/c1-4-16-33(17-5-1)37-22-10-11-23-38(37)44-32-36(28-29-43(44)51-53-49(34-18-6-2-7-19-34)52-50(54-51)35-20-8-3-9-21-35)55-45-26-14-12-24-39(45)41-30-31-42-40-25-13-15-27-46(40)56-48(42)47(41)55/h1-32H. The Hall–Kier alpha value is -7.21. The molecule has 56 heavy (non-hydrogen) atoms. The maximum Gasteiger partial charge on any atom is 0.164 e. The predicted molar refractivity (Wildman–Crippen MR) is 234 cm³/mol. The number of benzene rings is 8. The highest BCUT2D eigenvalue weighted by Gasteiger charge is 2.22. The Bertz CT molecular complexity index is 3180. The van der Waals surface area contributed by atoms with Crippen molar-refractivity contribution in [3.05, 3.63) is 194 Å². The van der Waals surface area contributed by atoms with Crippen molar-refractivity contribution in [3.63, 3.8) is 0 Å². The predicted octanol–water partition coefficient (Wildman–Crippen LogP) is 13.7. The van der Waals surface area contributed by atoms with Gasteiger partial charge in [-0.05, 0) is 52.6 Å². The molecule has 0 spiro atoms. The van der Waals surface area contributed by atoms with E-state index < -0.39 is 0 Å². The molecule has 0 aliphatic heterocycles. The van der Waals surface area contributed by atoms with Gasteiger partial charge in [-0.25, -0.2) is 15.0 Å². The highest BCUT2D eigenvalue weighted by atomic mass is 32.1. The van der Waals surface area contributed by atoms with Crippen molar-refractivity contribution in [1.29, 1.82) is 0 Å². The monoisotopic (exact) mass is 732 g/mol. The largest absolute Gasteiger partial charge is 0.308 e. The number of hydrogen-bond acceptors (Lipinski definition) is 4. The molecule has 3 aromatic heterocycles. The van der Waals surface area contributed by atoms with E-state index >= 15 is 0 Å². The van der Waals surface area contributed by atoms with E-state index in [-0.39, 0.29) is 0 Å². The first kappa shape index (κ1) is 32.2. The Labute approximate surface area is 327 Å². The molecule has 0 aliphatic carbocycles. The molecular formula is C51H32N4S. The average molecular weight is 733 g/mol. The third-order valence-electron chi connectivity index (χ3n) is 10.7. The fraction of sp³-hybridized carbons (Fsp3) is 0. The van der Waals surface area contributed by atoms with Crippen LogP contribution in [0.3, 0.4) is 0 Å². The normalized spacial score (nSPS) is 11.6.